The number of alkyl halides is 1. The van der Waals surface area contributed by atoms with Gasteiger partial charge in [-0.2, -0.15) is 0 Å². The number of carbonyl (C=O) groups is 1. The van der Waals surface area contributed by atoms with Crippen LogP contribution in [0.2, 0.25) is 0 Å². The van der Waals surface area contributed by atoms with E-state index in [0.717, 1.165) is 10.8 Å². The highest BCUT2D eigenvalue weighted by molar-refractivity contribution is 14.1. The maximum Gasteiger partial charge on any atom is 0.307 e. The zero-order chi connectivity index (χ0) is 11.2. The number of ether oxygens (including phenoxy) is 1. The van der Waals surface area contributed by atoms with E-state index in [1.807, 2.05) is 20.8 Å². The van der Waals surface area contributed by atoms with E-state index < -0.39 is 5.60 Å². The van der Waals surface area contributed by atoms with Gasteiger partial charge in [-0.3, -0.25) is 4.79 Å². The second-order valence-electron chi connectivity index (χ2n) is 4.13. The highest BCUT2D eigenvalue weighted by atomic mass is 127. The Morgan fingerprint density at radius 1 is 1.57 bits per heavy atom. The smallest absolute Gasteiger partial charge is 0.307 e. The van der Waals surface area contributed by atoms with E-state index in [4.69, 9.17) is 12.7 Å². The molecule has 0 aromatic heterocycles. The predicted octanol–water partition coefficient (Wildman–Crippen LogP) is 1.58. The van der Waals surface area contributed by atoms with Gasteiger partial charge in [-0.15, -0.1) is 0 Å². The molecule has 0 spiro atoms. The van der Waals surface area contributed by atoms with Crippen molar-refractivity contribution in [2.75, 3.05) is 4.43 Å². The van der Waals surface area contributed by atoms with Gasteiger partial charge in [0.05, 0.1) is 6.42 Å². The van der Waals surface area contributed by atoms with E-state index in [-0.39, 0.29) is 12.0 Å². The lowest BCUT2D eigenvalue weighted by atomic mass is 10.1. The van der Waals surface area contributed by atoms with Gasteiger partial charge in [-0.05, 0) is 27.2 Å². The van der Waals surface area contributed by atoms with Crippen molar-refractivity contribution >= 4 is 36.5 Å². The van der Waals surface area contributed by atoms with Crippen molar-refractivity contribution in [1.82, 2.24) is 5.23 Å². The van der Waals surface area contributed by atoms with Gasteiger partial charge in [0.2, 0.25) is 0 Å². The third kappa shape index (κ3) is 7.61. The van der Waals surface area contributed by atoms with Crippen molar-refractivity contribution in [3.63, 3.8) is 0 Å². The third-order valence-corrected chi connectivity index (χ3v) is 2.15. The fraction of sp³-hybridized carbons (Fsp3) is 0.889. The van der Waals surface area contributed by atoms with Crippen LogP contribution in [0.1, 0.15) is 33.6 Å². The van der Waals surface area contributed by atoms with Gasteiger partial charge in [0.1, 0.15) is 5.60 Å². The van der Waals surface area contributed by atoms with Crippen LogP contribution < -0.4 is 5.23 Å². The predicted molar refractivity (Wildman–Crippen MR) is 66.6 cm³/mol. The third-order valence-electron chi connectivity index (χ3n) is 1.53. The number of carbonyl (C=O) groups excluding carboxylic acids is 1. The van der Waals surface area contributed by atoms with E-state index >= 15 is 0 Å². The van der Waals surface area contributed by atoms with Crippen LogP contribution in [0.3, 0.4) is 0 Å². The van der Waals surface area contributed by atoms with Gasteiger partial charge >= 0.3 is 5.97 Å². The Hall–Kier alpha value is 0.225. The maximum absolute atomic E-state index is 11.4. The summed E-state index contributed by atoms with van der Waals surface area (Å²) in [4.78, 5) is 11.4. The summed E-state index contributed by atoms with van der Waals surface area (Å²) in [5.41, 5.74) is -0.416. The van der Waals surface area contributed by atoms with E-state index in [1.165, 1.54) is 0 Å². The minimum atomic E-state index is -0.416. The Balaban J connectivity index is 3.91. The summed E-state index contributed by atoms with van der Waals surface area (Å²) in [6.07, 6.45) is 1.20. The summed E-state index contributed by atoms with van der Waals surface area (Å²) in [6.45, 7) is 5.57. The fourth-order valence-electron chi connectivity index (χ4n) is 0.960. The lowest BCUT2D eigenvalue weighted by molar-refractivity contribution is -0.155. The highest BCUT2D eigenvalue weighted by Gasteiger charge is 2.18. The van der Waals surface area contributed by atoms with Crippen molar-refractivity contribution in [3.8, 4) is 0 Å². The first-order chi connectivity index (χ1) is 6.39. The van der Waals surface area contributed by atoms with Crippen molar-refractivity contribution in [1.29, 1.82) is 0 Å². The van der Waals surface area contributed by atoms with Crippen LogP contribution >= 0.6 is 22.6 Å². The van der Waals surface area contributed by atoms with Crippen molar-refractivity contribution in [3.05, 3.63) is 0 Å². The average Bonchev–Trinajstić information content (AvgIpc) is 2.00. The molecule has 0 aromatic rings. The molecular weight excluding hydrogens is 292 g/mol. The zero-order valence-corrected chi connectivity index (χ0v) is 11.1. The Morgan fingerprint density at radius 3 is 2.50 bits per heavy atom. The summed E-state index contributed by atoms with van der Waals surface area (Å²) in [5, 5.41) is 2.61. The molecule has 0 aromatic carbocycles. The first-order valence-electron chi connectivity index (χ1n) is 4.63. The lowest BCUT2D eigenvalue weighted by Crippen LogP contribution is -2.33. The van der Waals surface area contributed by atoms with Gasteiger partial charge in [-0.25, -0.2) is 0 Å². The summed E-state index contributed by atoms with van der Waals surface area (Å²) in [6, 6.07) is 0.0155. The Kier molecular flexibility index (Phi) is 6.77. The minimum absolute atomic E-state index is 0.0155. The van der Waals surface area contributed by atoms with Crippen LogP contribution in [0, 0.1) is 0 Å². The molecule has 0 aliphatic rings. The van der Waals surface area contributed by atoms with Gasteiger partial charge in [0.15, 0.2) is 7.98 Å². The van der Waals surface area contributed by atoms with E-state index in [0.29, 0.717) is 6.42 Å². The van der Waals surface area contributed by atoms with Crippen LogP contribution in [0.5, 0.6) is 0 Å². The number of halogens is 1. The molecule has 0 bridgehead atoms. The average molecular weight is 309 g/mol. The molecule has 1 N–H and O–H groups in total. The second kappa shape index (κ2) is 6.66. The first kappa shape index (κ1) is 14.2. The monoisotopic (exact) mass is 309 g/mol. The molecular formula is C9H17BINO2. The van der Waals surface area contributed by atoms with E-state index in [2.05, 4.69) is 27.8 Å². The number of rotatable bonds is 5. The number of nitrogens with one attached hydrogen (secondary N) is 1. The Morgan fingerprint density at radius 2 is 2.14 bits per heavy atom. The molecule has 0 heterocycles. The molecule has 0 saturated heterocycles. The summed E-state index contributed by atoms with van der Waals surface area (Å²) in [7, 11) is 5.31. The van der Waals surface area contributed by atoms with Crippen molar-refractivity contribution in [2.45, 2.75) is 45.3 Å². The molecule has 2 radical (unpaired) electrons. The molecule has 80 valence electrons. The molecule has 0 rings (SSSR count). The maximum atomic E-state index is 11.4. The first-order valence-corrected chi connectivity index (χ1v) is 6.15. The summed E-state index contributed by atoms with van der Waals surface area (Å²) >= 11 is 2.25. The molecule has 0 aliphatic carbocycles. The molecule has 0 unspecified atom stereocenters. The van der Waals surface area contributed by atoms with Crippen LogP contribution in [0.4, 0.5) is 0 Å². The van der Waals surface area contributed by atoms with Gasteiger partial charge in [0, 0.05) is 10.5 Å². The van der Waals surface area contributed by atoms with Crippen LogP contribution in [-0.4, -0.2) is 30.0 Å². The molecule has 0 saturated carbocycles. The van der Waals surface area contributed by atoms with E-state index in [1.54, 1.807) is 0 Å². The van der Waals surface area contributed by atoms with Crippen LogP contribution in [0.25, 0.3) is 0 Å². The fourth-order valence-corrected chi connectivity index (χ4v) is 1.71. The van der Waals surface area contributed by atoms with Crippen LogP contribution in [-0.2, 0) is 9.53 Å². The Bertz CT molecular complexity index is 182. The molecule has 0 fully saturated rings. The standard InChI is InChI=1S/C9H17BINO2/c1-9(2,3)14-8(13)6-7(12-10)4-5-11/h7,12H,4-6H2,1-3H3/t7-/m0/s1. The summed E-state index contributed by atoms with van der Waals surface area (Å²) < 4.78 is 6.15. The summed E-state index contributed by atoms with van der Waals surface area (Å²) in [5.74, 6) is -0.203. The molecule has 0 aliphatic heterocycles. The molecule has 5 heteroatoms. The zero-order valence-electron chi connectivity index (χ0n) is 8.97. The number of hydrogen-bond acceptors (Lipinski definition) is 3. The number of hydrogen-bond donors (Lipinski definition) is 1. The quantitative estimate of drug-likeness (QED) is 0.363. The minimum Gasteiger partial charge on any atom is -0.460 e. The van der Waals surface area contributed by atoms with Crippen molar-refractivity contribution in [2.24, 2.45) is 0 Å². The van der Waals surface area contributed by atoms with Crippen LogP contribution in [0.15, 0.2) is 0 Å². The molecule has 1 atom stereocenters. The van der Waals surface area contributed by atoms with Gasteiger partial charge < -0.3 is 9.96 Å². The molecule has 14 heavy (non-hydrogen) atoms. The van der Waals surface area contributed by atoms with E-state index in [9.17, 15) is 4.79 Å². The Labute approximate surface area is 101 Å². The SMILES string of the molecule is [B]N[C@@H](CCI)CC(=O)OC(C)(C)C. The number of esters is 1. The van der Waals surface area contributed by atoms with Gasteiger partial charge in [0.25, 0.3) is 0 Å². The normalized spacial score (nSPS) is 13.7. The topological polar surface area (TPSA) is 38.3 Å². The largest absolute Gasteiger partial charge is 0.460 e. The van der Waals surface area contributed by atoms with Crippen molar-refractivity contribution < 1.29 is 9.53 Å². The highest BCUT2D eigenvalue weighted by Crippen LogP contribution is 2.10. The molecule has 3 nitrogen and oxygen atoms in total. The molecule has 0 amide bonds. The lowest BCUT2D eigenvalue weighted by Gasteiger charge is -2.21. The second-order valence-corrected chi connectivity index (χ2v) is 5.21. The van der Waals surface area contributed by atoms with Gasteiger partial charge in [-0.1, -0.05) is 22.6 Å².